The average molecular weight is 500 g/mol. The van der Waals surface area contributed by atoms with Gasteiger partial charge in [0.25, 0.3) is 0 Å². The maximum absolute atomic E-state index is 13.1. The van der Waals surface area contributed by atoms with E-state index in [1.165, 1.54) is 0 Å². The SMILES string of the molecule is CN[C@H](Cc1ccccc1)C(=O)N[C@@H](Cc1ccc(Cl)c(Cl)c1)C(=O)NCc1ccc(N)nc1. The minimum absolute atomic E-state index is 0.246. The van der Waals surface area contributed by atoms with E-state index in [0.717, 1.165) is 16.7 Å². The summed E-state index contributed by atoms with van der Waals surface area (Å²) in [6, 6.07) is 16.9. The first-order chi connectivity index (χ1) is 16.4. The number of nitrogens with zero attached hydrogens (tertiary/aromatic N) is 1. The summed E-state index contributed by atoms with van der Waals surface area (Å²) in [5, 5.41) is 9.59. The zero-order valence-corrected chi connectivity index (χ0v) is 20.2. The van der Waals surface area contributed by atoms with Gasteiger partial charge in [0.15, 0.2) is 0 Å². The van der Waals surface area contributed by atoms with E-state index < -0.39 is 12.1 Å². The summed E-state index contributed by atoms with van der Waals surface area (Å²) in [5.74, 6) is -0.206. The van der Waals surface area contributed by atoms with Crippen LogP contribution in [0.3, 0.4) is 0 Å². The maximum Gasteiger partial charge on any atom is 0.243 e. The Morgan fingerprint density at radius 1 is 0.882 bits per heavy atom. The third-order valence-corrected chi connectivity index (χ3v) is 6.06. The topological polar surface area (TPSA) is 109 Å². The Labute approximate surface area is 209 Å². The second-order valence-electron chi connectivity index (χ2n) is 7.85. The third-order valence-electron chi connectivity index (χ3n) is 5.32. The summed E-state index contributed by atoms with van der Waals surface area (Å²) in [4.78, 5) is 30.2. The third kappa shape index (κ3) is 7.45. The summed E-state index contributed by atoms with van der Waals surface area (Å²) in [6.07, 6.45) is 2.33. The predicted molar refractivity (Wildman–Crippen MR) is 136 cm³/mol. The molecule has 0 aliphatic rings. The van der Waals surface area contributed by atoms with Crippen LogP contribution in [0.1, 0.15) is 16.7 Å². The standard InChI is InChI=1S/C25H27Cl2N5O2/c1-29-21(12-16-5-3-2-4-6-16)25(34)32-22(13-17-7-9-19(26)20(27)11-17)24(33)31-15-18-8-10-23(28)30-14-18/h2-11,14,21-22,29H,12-13,15H2,1H3,(H2,28,30)(H,31,33)(H,32,34)/t21-,22+/m1/s1. The number of pyridine rings is 1. The Bertz CT molecular complexity index is 1110. The number of benzene rings is 2. The molecule has 0 bridgehead atoms. The van der Waals surface area contributed by atoms with Gasteiger partial charge in [-0.3, -0.25) is 9.59 Å². The molecule has 2 aromatic carbocycles. The van der Waals surface area contributed by atoms with Crippen LogP contribution in [0.5, 0.6) is 0 Å². The summed E-state index contributed by atoms with van der Waals surface area (Å²) in [7, 11) is 1.72. The predicted octanol–water partition coefficient (Wildman–Crippen LogP) is 3.15. The molecule has 9 heteroatoms. The number of halogens is 2. The molecule has 0 aliphatic carbocycles. The molecule has 0 fully saturated rings. The van der Waals surface area contributed by atoms with E-state index in [-0.39, 0.29) is 24.8 Å². The van der Waals surface area contributed by atoms with E-state index >= 15 is 0 Å². The van der Waals surface area contributed by atoms with Crippen molar-refractivity contribution in [3.63, 3.8) is 0 Å². The van der Waals surface area contributed by atoms with Crippen molar-refractivity contribution in [1.82, 2.24) is 20.9 Å². The molecule has 0 saturated carbocycles. The van der Waals surface area contributed by atoms with Crippen LogP contribution in [0.15, 0.2) is 66.9 Å². The second-order valence-corrected chi connectivity index (χ2v) is 8.67. The van der Waals surface area contributed by atoms with Gasteiger partial charge in [0.1, 0.15) is 11.9 Å². The average Bonchev–Trinajstić information content (AvgIpc) is 2.84. The molecule has 2 atom stereocenters. The Morgan fingerprint density at radius 2 is 1.59 bits per heavy atom. The Balaban J connectivity index is 1.73. The van der Waals surface area contributed by atoms with E-state index in [9.17, 15) is 9.59 Å². The molecule has 34 heavy (non-hydrogen) atoms. The largest absolute Gasteiger partial charge is 0.384 e. The molecule has 5 N–H and O–H groups in total. The summed E-state index contributed by atoms with van der Waals surface area (Å²) in [5.41, 5.74) is 8.19. The number of nitrogens with two attached hydrogens (primary N) is 1. The number of likely N-dealkylation sites (N-methyl/N-ethyl adjacent to an activating group) is 1. The molecular weight excluding hydrogens is 473 g/mol. The Morgan fingerprint density at radius 3 is 2.24 bits per heavy atom. The van der Waals surface area contributed by atoms with Crippen LogP contribution in [0, 0.1) is 0 Å². The number of nitrogen functional groups attached to an aromatic ring is 1. The minimum Gasteiger partial charge on any atom is -0.384 e. The second kappa shape index (κ2) is 12.4. The minimum atomic E-state index is -0.821. The fourth-order valence-corrected chi connectivity index (χ4v) is 3.73. The molecule has 1 aromatic heterocycles. The van der Waals surface area contributed by atoms with Gasteiger partial charge >= 0.3 is 0 Å². The molecule has 178 valence electrons. The van der Waals surface area contributed by atoms with Gasteiger partial charge in [-0.05, 0) is 48.4 Å². The van der Waals surface area contributed by atoms with Crippen LogP contribution in [-0.4, -0.2) is 35.9 Å². The molecular formula is C25H27Cl2N5O2. The first-order valence-electron chi connectivity index (χ1n) is 10.8. The number of hydrogen-bond acceptors (Lipinski definition) is 5. The zero-order valence-electron chi connectivity index (χ0n) is 18.7. The molecule has 1 heterocycles. The van der Waals surface area contributed by atoms with E-state index in [4.69, 9.17) is 28.9 Å². The van der Waals surface area contributed by atoms with E-state index in [1.54, 1.807) is 43.6 Å². The molecule has 3 aromatic rings. The van der Waals surface area contributed by atoms with Gasteiger partial charge in [-0.25, -0.2) is 4.98 Å². The number of hydrogen-bond donors (Lipinski definition) is 4. The van der Waals surface area contributed by atoms with Gasteiger partial charge in [-0.1, -0.05) is 65.7 Å². The first kappa shape index (κ1) is 25.5. The van der Waals surface area contributed by atoms with Gasteiger partial charge in [-0.15, -0.1) is 0 Å². The zero-order chi connectivity index (χ0) is 24.5. The monoisotopic (exact) mass is 499 g/mol. The van der Waals surface area contributed by atoms with Gasteiger partial charge in [0.05, 0.1) is 16.1 Å². The maximum atomic E-state index is 13.1. The molecule has 0 spiro atoms. The number of aromatic nitrogens is 1. The van der Waals surface area contributed by atoms with Crippen LogP contribution < -0.4 is 21.7 Å². The quantitative estimate of drug-likeness (QED) is 0.342. The van der Waals surface area contributed by atoms with Crippen molar-refractivity contribution in [2.45, 2.75) is 31.5 Å². The smallest absolute Gasteiger partial charge is 0.243 e. The van der Waals surface area contributed by atoms with Crippen LogP contribution >= 0.6 is 23.2 Å². The van der Waals surface area contributed by atoms with E-state index in [2.05, 4.69) is 20.9 Å². The van der Waals surface area contributed by atoms with Crippen LogP contribution in [0.25, 0.3) is 0 Å². The van der Waals surface area contributed by atoms with Gasteiger partial charge in [-0.2, -0.15) is 0 Å². The lowest BCUT2D eigenvalue weighted by atomic mass is 10.0. The lowest BCUT2D eigenvalue weighted by molar-refractivity contribution is -0.130. The van der Waals surface area contributed by atoms with Crippen molar-refractivity contribution in [1.29, 1.82) is 0 Å². The van der Waals surface area contributed by atoms with E-state index in [1.807, 2.05) is 30.3 Å². The number of rotatable bonds is 10. The van der Waals surface area contributed by atoms with Crippen LogP contribution in [0.4, 0.5) is 5.82 Å². The van der Waals surface area contributed by atoms with Crippen molar-refractivity contribution in [2.24, 2.45) is 0 Å². The number of nitrogens with one attached hydrogen (secondary N) is 3. The molecule has 0 aliphatic heterocycles. The molecule has 7 nitrogen and oxygen atoms in total. The summed E-state index contributed by atoms with van der Waals surface area (Å²) in [6.45, 7) is 0.249. The van der Waals surface area contributed by atoms with Crippen LogP contribution in [-0.2, 0) is 29.0 Å². The van der Waals surface area contributed by atoms with Crippen LogP contribution in [0.2, 0.25) is 10.0 Å². The number of anilines is 1. The molecule has 3 rings (SSSR count). The van der Waals surface area contributed by atoms with Crippen molar-refractivity contribution in [3.05, 3.63) is 93.6 Å². The molecule has 0 radical (unpaired) electrons. The normalized spacial score (nSPS) is 12.6. The summed E-state index contributed by atoms with van der Waals surface area (Å²) < 4.78 is 0. The number of carbonyl (C=O) groups excluding carboxylic acids is 2. The highest BCUT2D eigenvalue weighted by Gasteiger charge is 2.25. The van der Waals surface area contributed by atoms with Gasteiger partial charge in [0.2, 0.25) is 11.8 Å². The van der Waals surface area contributed by atoms with Crippen molar-refractivity contribution >= 4 is 40.8 Å². The van der Waals surface area contributed by atoms with Crippen molar-refractivity contribution in [3.8, 4) is 0 Å². The number of carbonyl (C=O) groups is 2. The van der Waals surface area contributed by atoms with Crippen molar-refractivity contribution < 1.29 is 9.59 Å². The lowest BCUT2D eigenvalue weighted by Crippen LogP contribution is -2.53. The Kier molecular flexibility index (Phi) is 9.27. The summed E-state index contributed by atoms with van der Waals surface area (Å²) >= 11 is 12.2. The molecule has 2 amide bonds. The molecule has 0 saturated heterocycles. The highest BCUT2D eigenvalue weighted by atomic mass is 35.5. The fourth-order valence-electron chi connectivity index (χ4n) is 3.41. The fraction of sp³-hybridized carbons (Fsp3) is 0.240. The number of amides is 2. The molecule has 0 unspecified atom stereocenters. The van der Waals surface area contributed by atoms with E-state index in [0.29, 0.717) is 22.3 Å². The highest BCUT2D eigenvalue weighted by Crippen LogP contribution is 2.23. The van der Waals surface area contributed by atoms with Crippen molar-refractivity contribution in [2.75, 3.05) is 12.8 Å². The highest BCUT2D eigenvalue weighted by molar-refractivity contribution is 6.42. The van der Waals surface area contributed by atoms with Gasteiger partial charge in [0, 0.05) is 19.2 Å². The first-order valence-corrected chi connectivity index (χ1v) is 11.5. The lowest BCUT2D eigenvalue weighted by Gasteiger charge is -2.23. The Hall–Kier alpha value is -3.13. The van der Waals surface area contributed by atoms with Gasteiger partial charge < -0.3 is 21.7 Å².